The highest BCUT2D eigenvalue weighted by molar-refractivity contribution is 7.45. The molecule has 0 heterocycles. The van der Waals surface area contributed by atoms with Crippen LogP contribution in [0.25, 0.3) is 0 Å². The second-order valence-electron chi connectivity index (χ2n) is 24.3. The molecule has 3 unspecified atom stereocenters. The molecule has 1 N–H and O–H groups in total. The van der Waals surface area contributed by atoms with Crippen molar-refractivity contribution >= 4 is 19.7 Å². The Hall–Kier alpha value is -3.07. The van der Waals surface area contributed by atoms with Crippen molar-refractivity contribution < 1.29 is 37.3 Å². The summed E-state index contributed by atoms with van der Waals surface area (Å²) in [4.78, 5) is 40.1. The molecule has 0 aromatic rings. The number of allylic oxidation sites excluding steroid dienone is 15. The first-order valence-electron chi connectivity index (χ1n) is 34.5. The van der Waals surface area contributed by atoms with Crippen molar-refractivity contribution in [1.82, 2.24) is 5.32 Å². The van der Waals surface area contributed by atoms with Gasteiger partial charge in [-0.05, 0) is 102 Å². The third kappa shape index (κ3) is 63.3. The minimum atomic E-state index is -4.72. The molecule has 10 heteroatoms. The maximum Gasteiger partial charge on any atom is 0.306 e. The molecule has 0 aliphatic rings. The van der Waals surface area contributed by atoms with Gasteiger partial charge in [0.2, 0.25) is 5.91 Å². The highest BCUT2D eigenvalue weighted by atomic mass is 31.2. The van der Waals surface area contributed by atoms with Gasteiger partial charge in [0.1, 0.15) is 19.3 Å². The van der Waals surface area contributed by atoms with E-state index >= 15 is 0 Å². The van der Waals surface area contributed by atoms with E-state index in [0.29, 0.717) is 17.4 Å². The second kappa shape index (κ2) is 62.0. The zero-order valence-corrected chi connectivity index (χ0v) is 55.8. The van der Waals surface area contributed by atoms with Crippen molar-refractivity contribution in [2.45, 2.75) is 315 Å². The van der Waals surface area contributed by atoms with Crippen molar-refractivity contribution in [1.29, 1.82) is 0 Å². The smallest absolute Gasteiger partial charge is 0.306 e. The molecule has 0 bridgehead atoms. The number of esters is 1. The van der Waals surface area contributed by atoms with E-state index in [4.69, 9.17) is 13.8 Å². The summed E-state index contributed by atoms with van der Waals surface area (Å²) in [6.45, 7) is 6.68. The maximum atomic E-state index is 13.5. The average molecular weight is 1180 g/mol. The van der Waals surface area contributed by atoms with Gasteiger partial charge in [0.25, 0.3) is 7.82 Å². The van der Waals surface area contributed by atoms with E-state index in [9.17, 15) is 19.0 Å². The lowest BCUT2D eigenvalue weighted by molar-refractivity contribution is -0.870. The van der Waals surface area contributed by atoms with Gasteiger partial charge in [-0.3, -0.25) is 14.2 Å². The Bertz CT molecular complexity index is 1740. The zero-order chi connectivity index (χ0) is 60.7. The van der Waals surface area contributed by atoms with Gasteiger partial charge in [-0.25, -0.2) is 0 Å². The number of phosphoric ester groups is 1. The molecule has 0 aromatic heterocycles. The average Bonchev–Trinajstić information content (AvgIpc) is 3.46. The number of unbranched alkanes of at least 4 members (excludes halogenated alkanes) is 32. The molecule has 480 valence electrons. The van der Waals surface area contributed by atoms with Crippen LogP contribution in [0.3, 0.4) is 0 Å². The molecular weight excluding hydrogens is 1050 g/mol. The highest BCUT2D eigenvalue weighted by Gasteiger charge is 2.27. The van der Waals surface area contributed by atoms with Crippen LogP contribution >= 0.6 is 7.82 Å². The SMILES string of the molecule is CC/C=C\C/C=C\C/C=C\C/C=C\C/C=C\CCCC(=O)NC(COP(=O)([O-])OCC[N+](C)(C)C)C(/C=C\CCCCCCCCCCCCC)OC(=O)CCCCCCCCCCCCCCCCCCC/C=C\C/C=C\CCCCC. The summed E-state index contributed by atoms with van der Waals surface area (Å²) < 4.78 is 30.4. The minimum absolute atomic E-state index is 0.0358. The Morgan fingerprint density at radius 2 is 0.783 bits per heavy atom. The van der Waals surface area contributed by atoms with E-state index < -0.39 is 26.6 Å². The number of likely N-dealkylation sites (N-methyl/N-ethyl adjacent to an activating group) is 1. The highest BCUT2D eigenvalue weighted by Crippen LogP contribution is 2.38. The van der Waals surface area contributed by atoms with Crippen LogP contribution in [0.1, 0.15) is 303 Å². The number of nitrogens with one attached hydrogen (secondary N) is 1. The van der Waals surface area contributed by atoms with Crippen LogP contribution in [0.4, 0.5) is 0 Å². The van der Waals surface area contributed by atoms with Crippen LogP contribution in [-0.2, 0) is 27.9 Å². The molecule has 3 atom stereocenters. The number of rotatable bonds is 62. The number of carbonyl (C=O) groups is 2. The number of quaternary nitrogens is 1. The molecule has 83 heavy (non-hydrogen) atoms. The topological polar surface area (TPSA) is 114 Å². The maximum absolute atomic E-state index is 13.5. The first kappa shape index (κ1) is 79.9. The fourth-order valence-corrected chi connectivity index (χ4v) is 10.4. The van der Waals surface area contributed by atoms with Crippen molar-refractivity contribution in [2.75, 3.05) is 40.9 Å². The molecule has 0 radical (unpaired) electrons. The predicted octanol–water partition coefficient (Wildman–Crippen LogP) is 21.3. The minimum Gasteiger partial charge on any atom is -0.756 e. The summed E-state index contributed by atoms with van der Waals surface area (Å²) in [5.41, 5.74) is 0. The van der Waals surface area contributed by atoms with Crippen molar-refractivity contribution in [3.8, 4) is 0 Å². The number of hydrogen-bond acceptors (Lipinski definition) is 7. The fraction of sp³-hybridized carbons (Fsp3) is 0.753. The summed E-state index contributed by atoms with van der Waals surface area (Å²) in [7, 11) is 1.15. The number of amides is 1. The number of hydrogen-bond donors (Lipinski definition) is 1. The summed E-state index contributed by atoms with van der Waals surface area (Å²) >= 11 is 0. The van der Waals surface area contributed by atoms with Gasteiger partial charge in [0.05, 0.1) is 33.8 Å². The third-order valence-electron chi connectivity index (χ3n) is 15.0. The van der Waals surface area contributed by atoms with Crippen molar-refractivity contribution in [2.24, 2.45) is 0 Å². The monoisotopic (exact) mass is 1180 g/mol. The largest absolute Gasteiger partial charge is 0.756 e. The Balaban J connectivity index is 5.12. The lowest BCUT2D eigenvalue weighted by Gasteiger charge is -2.30. The molecule has 9 nitrogen and oxygen atoms in total. The summed E-state index contributed by atoms with van der Waals surface area (Å²) in [5.74, 6) is -0.604. The molecule has 0 fully saturated rings. The molecule has 1 amide bonds. The Kier molecular flexibility index (Phi) is 59.7. The van der Waals surface area contributed by atoms with Crippen LogP contribution in [0, 0.1) is 0 Å². The Morgan fingerprint density at radius 1 is 0.434 bits per heavy atom. The first-order chi connectivity index (χ1) is 40.4. The normalized spacial score (nSPS) is 14.2. The van der Waals surface area contributed by atoms with Crippen LogP contribution in [-0.4, -0.2) is 69.4 Å². The standard InChI is InChI=1S/C73H131N2O7P/c1-7-10-13-16-19-22-25-28-30-32-33-34-35-36-37-38-39-40-41-43-45-48-51-54-57-60-63-66-73(77)82-71(64-61-58-55-52-49-46-27-24-21-18-15-12-9-3)70(69-81-83(78,79)80-68-67-75(4,5)6)74-72(76)65-62-59-56-53-50-47-44-42-31-29-26-23-20-17-14-11-8-2/h11,14,19-20,22-23,28-31,44,47,53,56,61,64,70-71H,7-10,12-13,15-18,21,24-27,32-43,45-46,48-52,54-55,57-60,62-63,65-69H2,1-6H3,(H-,74,76,78,79)/b14-11-,22-19-,23-20-,30-28-,31-29-,47-44-,56-53-,64-61-. The molecule has 0 spiro atoms. The second-order valence-corrected chi connectivity index (χ2v) is 25.7. The van der Waals surface area contributed by atoms with Crippen molar-refractivity contribution in [3.63, 3.8) is 0 Å². The van der Waals surface area contributed by atoms with Crippen LogP contribution in [0.2, 0.25) is 0 Å². The molecule has 0 aromatic carbocycles. The van der Waals surface area contributed by atoms with Gasteiger partial charge >= 0.3 is 5.97 Å². The van der Waals surface area contributed by atoms with Crippen LogP contribution in [0.15, 0.2) is 97.2 Å². The Labute approximate surface area is 513 Å². The molecular formula is C73H131N2O7P. The number of phosphoric acid groups is 1. The van der Waals surface area contributed by atoms with Gasteiger partial charge in [-0.15, -0.1) is 0 Å². The van der Waals surface area contributed by atoms with Gasteiger partial charge < -0.3 is 28.5 Å². The predicted molar refractivity (Wildman–Crippen MR) is 358 cm³/mol. The van der Waals surface area contributed by atoms with Crippen LogP contribution in [0.5, 0.6) is 0 Å². The van der Waals surface area contributed by atoms with E-state index in [1.54, 1.807) is 0 Å². The lowest BCUT2D eigenvalue weighted by Crippen LogP contribution is -2.47. The molecule has 0 aliphatic heterocycles. The van der Waals surface area contributed by atoms with Crippen LogP contribution < -0.4 is 10.2 Å². The van der Waals surface area contributed by atoms with Gasteiger partial charge in [-0.1, -0.05) is 285 Å². The fourth-order valence-electron chi connectivity index (χ4n) is 9.71. The number of nitrogens with zero attached hydrogens (tertiary/aromatic N) is 1. The number of ether oxygens (including phenoxy) is 1. The molecule has 0 aliphatic carbocycles. The van der Waals surface area contributed by atoms with Gasteiger partial charge in [0, 0.05) is 12.8 Å². The molecule has 0 saturated carbocycles. The summed E-state index contributed by atoms with van der Waals surface area (Å²) in [5, 5.41) is 3.00. The molecule has 0 saturated heterocycles. The summed E-state index contributed by atoms with van der Waals surface area (Å²) in [6.07, 6.45) is 84.0. The zero-order valence-electron chi connectivity index (χ0n) is 54.9. The first-order valence-corrected chi connectivity index (χ1v) is 36.0. The van der Waals surface area contributed by atoms with E-state index in [-0.39, 0.29) is 31.3 Å². The lowest BCUT2D eigenvalue weighted by atomic mass is 10.0. The van der Waals surface area contributed by atoms with Gasteiger partial charge in [0.15, 0.2) is 0 Å². The molecule has 0 rings (SSSR count). The Morgan fingerprint density at radius 3 is 1.20 bits per heavy atom. The third-order valence-corrected chi connectivity index (χ3v) is 16.0. The van der Waals surface area contributed by atoms with E-state index in [1.165, 1.54) is 180 Å². The van der Waals surface area contributed by atoms with E-state index in [1.807, 2.05) is 33.3 Å². The van der Waals surface area contributed by atoms with E-state index in [2.05, 4.69) is 111 Å². The quantitative estimate of drug-likeness (QED) is 0.0212. The number of carbonyl (C=O) groups excluding carboxylic acids is 2. The van der Waals surface area contributed by atoms with Crippen molar-refractivity contribution in [3.05, 3.63) is 97.2 Å². The van der Waals surface area contributed by atoms with E-state index in [0.717, 1.165) is 83.5 Å². The summed E-state index contributed by atoms with van der Waals surface area (Å²) in [6, 6.07) is -0.923. The van der Waals surface area contributed by atoms with Gasteiger partial charge in [-0.2, -0.15) is 0 Å².